The number of thiazole rings is 1. The van der Waals surface area contributed by atoms with Gasteiger partial charge in [-0.25, -0.2) is 9.37 Å². The summed E-state index contributed by atoms with van der Waals surface area (Å²) >= 11 is 14.3. The summed E-state index contributed by atoms with van der Waals surface area (Å²) in [6, 6.07) is 4.82. The molecule has 0 saturated heterocycles. The lowest BCUT2D eigenvalue weighted by molar-refractivity contribution is -0.116. The number of alkyl halides is 1. The van der Waals surface area contributed by atoms with Gasteiger partial charge in [0.05, 0.1) is 46.0 Å². The Morgan fingerprint density at radius 2 is 2.00 bits per heavy atom. The van der Waals surface area contributed by atoms with E-state index < -0.39 is 11.4 Å². The molecule has 202 valence electrons. The van der Waals surface area contributed by atoms with Gasteiger partial charge in [0.25, 0.3) is 0 Å². The molecule has 3 heterocycles. The van der Waals surface area contributed by atoms with Crippen molar-refractivity contribution in [3.63, 3.8) is 0 Å². The molecule has 3 aliphatic carbocycles. The molecule has 1 aromatic carbocycles. The van der Waals surface area contributed by atoms with E-state index in [1.165, 1.54) is 17.4 Å². The van der Waals surface area contributed by atoms with Crippen LogP contribution in [0.5, 0.6) is 0 Å². The molecule has 3 saturated carbocycles. The van der Waals surface area contributed by atoms with Crippen LogP contribution in [0.4, 0.5) is 4.39 Å². The summed E-state index contributed by atoms with van der Waals surface area (Å²) in [6.45, 7) is 0.752. The predicted octanol–water partition coefficient (Wildman–Crippen LogP) is 6.41. The van der Waals surface area contributed by atoms with Gasteiger partial charge in [-0.3, -0.25) is 4.99 Å². The Kier molecular flexibility index (Phi) is 6.33. The zero-order valence-electron chi connectivity index (χ0n) is 20.9. The highest BCUT2D eigenvalue weighted by atomic mass is 35.5. The number of dihydropyridines is 1. The van der Waals surface area contributed by atoms with Crippen molar-refractivity contribution in [2.45, 2.75) is 68.1 Å². The molecule has 3 unspecified atom stereocenters. The van der Waals surface area contributed by atoms with Gasteiger partial charge < -0.3 is 14.4 Å². The lowest BCUT2D eigenvalue weighted by Gasteiger charge is -2.41. The number of hydrogen-bond acceptors (Lipinski definition) is 8. The molecule has 4 aliphatic rings. The lowest BCUT2D eigenvalue weighted by Crippen LogP contribution is -2.44. The first-order chi connectivity index (χ1) is 18.9. The standard InChI is InChI=1S/C28H25Cl2FN4O3S/c29-19-10-33-11-20(30)23(19)24-18(26(38-35-24)14-1-2-14)12-37-17-7-15-3-4-16(8-17)28(15,36)27-34-25-21(31)5-13(9-32)6-22(25)39-27/h5-6,10,14-17,20,36H,1-4,7-8,11-12H2/t15-,16+,17?,20?,28?. The summed E-state index contributed by atoms with van der Waals surface area (Å²) in [5, 5.41) is 26.2. The third-order valence-electron chi connectivity index (χ3n) is 8.65. The quantitative estimate of drug-likeness (QED) is 0.335. The van der Waals surface area contributed by atoms with E-state index >= 15 is 0 Å². The number of aliphatic hydroxyl groups is 1. The number of benzene rings is 1. The molecule has 7 nitrogen and oxygen atoms in total. The highest BCUT2D eigenvalue weighted by Gasteiger charge is 2.56. The topological polar surface area (TPSA) is 105 Å². The Morgan fingerprint density at radius 1 is 1.23 bits per heavy atom. The number of ether oxygens (including phenoxy) is 1. The van der Waals surface area contributed by atoms with Crippen LogP contribution in [0.15, 0.2) is 26.7 Å². The van der Waals surface area contributed by atoms with Crippen LogP contribution in [0.2, 0.25) is 0 Å². The maximum Gasteiger partial charge on any atom is 0.151 e. The number of halogens is 3. The molecule has 3 aromatic rings. The zero-order valence-corrected chi connectivity index (χ0v) is 23.2. The molecule has 0 spiro atoms. The minimum Gasteiger partial charge on any atom is -0.382 e. The van der Waals surface area contributed by atoms with Crippen molar-refractivity contribution in [3.8, 4) is 6.07 Å². The Hall–Kier alpha value is -2.35. The Bertz CT molecular complexity index is 1560. The van der Waals surface area contributed by atoms with E-state index in [0.717, 1.165) is 42.6 Å². The first kappa shape index (κ1) is 25.6. The maximum absolute atomic E-state index is 14.6. The Labute approximate surface area is 238 Å². The first-order valence-electron chi connectivity index (χ1n) is 13.2. The van der Waals surface area contributed by atoms with E-state index in [4.69, 9.17) is 32.5 Å². The van der Waals surface area contributed by atoms with Crippen molar-refractivity contribution in [3.05, 3.63) is 50.6 Å². The lowest BCUT2D eigenvalue weighted by atomic mass is 9.73. The van der Waals surface area contributed by atoms with Crippen molar-refractivity contribution in [2.75, 3.05) is 6.54 Å². The van der Waals surface area contributed by atoms with Gasteiger partial charge in [-0.15, -0.1) is 22.9 Å². The van der Waals surface area contributed by atoms with Crippen molar-refractivity contribution in [2.24, 2.45) is 16.8 Å². The van der Waals surface area contributed by atoms with Gasteiger partial charge in [0, 0.05) is 23.3 Å². The third-order valence-corrected chi connectivity index (χ3v) is 10.4. The molecule has 5 atom stereocenters. The van der Waals surface area contributed by atoms with Gasteiger partial charge in [0.15, 0.2) is 5.82 Å². The van der Waals surface area contributed by atoms with Crippen LogP contribution in [0, 0.1) is 29.0 Å². The largest absolute Gasteiger partial charge is 0.382 e. The second-order valence-corrected chi connectivity index (χ2v) is 13.0. The monoisotopic (exact) mass is 586 g/mol. The van der Waals surface area contributed by atoms with Gasteiger partial charge >= 0.3 is 0 Å². The van der Waals surface area contributed by atoms with Gasteiger partial charge in [-0.1, -0.05) is 16.8 Å². The van der Waals surface area contributed by atoms with E-state index in [2.05, 4.69) is 15.1 Å². The molecule has 7 rings (SSSR count). The number of nitrogens with zero attached hydrogens (tertiary/aromatic N) is 4. The van der Waals surface area contributed by atoms with Crippen molar-refractivity contribution < 1.29 is 18.8 Å². The summed E-state index contributed by atoms with van der Waals surface area (Å²) in [7, 11) is 0. The molecular formula is C28H25Cl2FN4O3S. The second-order valence-electron chi connectivity index (χ2n) is 11.0. The van der Waals surface area contributed by atoms with E-state index in [1.54, 1.807) is 12.3 Å². The molecule has 3 fully saturated rings. The van der Waals surface area contributed by atoms with Gasteiger partial charge in [-0.05, 0) is 62.5 Å². The number of nitriles is 1. The second kappa shape index (κ2) is 9.64. The summed E-state index contributed by atoms with van der Waals surface area (Å²) in [4.78, 5) is 8.74. The first-order valence-corrected chi connectivity index (χ1v) is 14.9. The average Bonchev–Trinajstić information content (AvgIpc) is 3.49. The van der Waals surface area contributed by atoms with E-state index in [-0.39, 0.29) is 34.4 Å². The Morgan fingerprint density at radius 3 is 2.69 bits per heavy atom. The van der Waals surface area contributed by atoms with Gasteiger partial charge in [-0.2, -0.15) is 5.26 Å². The van der Waals surface area contributed by atoms with Crippen molar-refractivity contribution in [1.82, 2.24) is 10.1 Å². The van der Waals surface area contributed by atoms with Crippen LogP contribution >= 0.6 is 34.5 Å². The minimum absolute atomic E-state index is 0.0518. The fourth-order valence-corrected chi connectivity index (χ4v) is 8.46. The van der Waals surface area contributed by atoms with E-state index in [9.17, 15) is 14.8 Å². The molecule has 2 bridgehead atoms. The molecule has 39 heavy (non-hydrogen) atoms. The highest BCUT2D eigenvalue weighted by Crippen LogP contribution is 2.57. The Balaban J connectivity index is 1.13. The van der Waals surface area contributed by atoms with E-state index in [0.29, 0.717) is 52.3 Å². The SMILES string of the molecule is N#Cc1cc(F)c2nc(C3(O)[C@@H]4CC[C@H]3CC(OCc3c(C5=C(Cl)C=NCC5Cl)noc3C3CC3)C4)sc2c1. The van der Waals surface area contributed by atoms with Gasteiger partial charge in [0.2, 0.25) is 0 Å². The van der Waals surface area contributed by atoms with Crippen LogP contribution in [-0.4, -0.2) is 39.5 Å². The van der Waals surface area contributed by atoms with Crippen LogP contribution in [0.3, 0.4) is 0 Å². The fourth-order valence-electron chi connectivity index (χ4n) is 6.55. The molecule has 0 radical (unpaired) electrons. The van der Waals surface area contributed by atoms with Gasteiger partial charge in [0.1, 0.15) is 27.6 Å². The number of allylic oxidation sites excluding steroid dienone is 1. The van der Waals surface area contributed by atoms with Crippen LogP contribution < -0.4 is 0 Å². The smallest absolute Gasteiger partial charge is 0.151 e. The minimum atomic E-state index is -1.13. The summed E-state index contributed by atoms with van der Waals surface area (Å²) < 4.78 is 27.5. The number of aliphatic imine (C=N–C) groups is 1. The average molecular weight is 588 g/mol. The molecular weight excluding hydrogens is 562 g/mol. The number of hydrogen-bond donors (Lipinski definition) is 1. The normalized spacial score (nSPS) is 30.3. The molecule has 1 N–H and O–H groups in total. The van der Waals surface area contributed by atoms with Crippen LogP contribution in [0.1, 0.15) is 72.0 Å². The summed E-state index contributed by atoms with van der Waals surface area (Å²) in [5.74, 6) is 0.545. The summed E-state index contributed by atoms with van der Waals surface area (Å²) in [5.41, 5.74) is 1.61. The number of fused-ring (bicyclic) bond motifs is 3. The molecule has 2 aromatic heterocycles. The number of rotatable bonds is 6. The highest BCUT2D eigenvalue weighted by molar-refractivity contribution is 7.18. The van der Waals surface area contributed by atoms with E-state index in [1.807, 2.05) is 6.07 Å². The van der Waals surface area contributed by atoms with Crippen LogP contribution in [0.25, 0.3) is 15.8 Å². The molecule has 1 aliphatic heterocycles. The van der Waals surface area contributed by atoms with Crippen molar-refractivity contribution in [1.29, 1.82) is 5.26 Å². The summed E-state index contributed by atoms with van der Waals surface area (Å²) in [6.07, 6.45) is 6.71. The number of aromatic nitrogens is 2. The predicted molar refractivity (Wildman–Crippen MR) is 146 cm³/mol. The maximum atomic E-state index is 14.6. The fraction of sp³-hybridized carbons (Fsp3) is 0.500. The van der Waals surface area contributed by atoms with Crippen LogP contribution in [-0.2, 0) is 16.9 Å². The third kappa shape index (κ3) is 4.23. The zero-order chi connectivity index (χ0) is 26.9. The van der Waals surface area contributed by atoms with Crippen molar-refractivity contribution >= 4 is 56.5 Å². The molecule has 11 heteroatoms. The molecule has 0 amide bonds.